The quantitative estimate of drug-likeness (QED) is 0.892. The third-order valence-electron chi connectivity index (χ3n) is 2.91. The first-order chi connectivity index (χ1) is 9.20. The number of nitrogens with zero attached hydrogens (tertiary/aromatic N) is 1. The molecule has 2 aromatic rings. The Morgan fingerprint density at radius 1 is 1.11 bits per heavy atom. The van der Waals surface area contributed by atoms with Crippen molar-refractivity contribution in [1.82, 2.24) is 10.3 Å². The van der Waals surface area contributed by atoms with Crippen LogP contribution in [0.25, 0.3) is 0 Å². The number of hydrogen-bond acceptors (Lipinski definition) is 3. The summed E-state index contributed by atoms with van der Waals surface area (Å²) >= 11 is 0. The van der Waals surface area contributed by atoms with Crippen molar-refractivity contribution in [2.75, 3.05) is 7.11 Å². The molecule has 0 fully saturated rings. The first kappa shape index (κ1) is 13.6. The highest BCUT2D eigenvalue weighted by Crippen LogP contribution is 2.24. The number of hydrogen-bond donors (Lipinski definition) is 1. The standard InChI is InChI=1S/C16H20N2O/c1-12(2)18-16(15-9-4-5-10-17-15)13-7-6-8-14(11-13)19-3/h4-12,16,18H,1-3H3. The van der Waals surface area contributed by atoms with Crippen molar-refractivity contribution >= 4 is 0 Å². The zero-order valence-electron chi connectivity index (χ0n) is 11.6. The molecule has 0 aliphatic heterocycles. The molecule has 3 heteroatoms. The number of rotatable bonds is 5. The predicted molar refractivity (Wildman–Crippen MR) is 77.3 cm³/mol. The minimum atomic E-state index is 0.0799. The van der Waals surface area contributed by atoms with Gasteiger partial charge in [-0.1, -0.05) is 18.2 Å². The lowest BCUT2D eigenvalue weighted by atomic mass is 10.0. The van der Waals surface area contributed by atoms with E-state index in [4.69, 9.17) is 4.74 Å². The third kappa shape index (κ3) is 3.55. The highest BCUT2D eigenvalue weighted by molar-refractivity contribution is 5.34. The minimum Gasteiger partial charge on any atom is -0.497 e. The number of ether oxygens (including phenoxy) is 1. The van der Waals surface area contributed by atoms with Gasteiger partial charge in [-0.2, -0.15) is 0 Å². The summed E-state index contributed by atoms with van der Waals surface area (Å²) in [7, 11) is 1.69. The Morgan fingerprint density at radius 2 is 1.95 bits per heavy atom. The van der Waals surface area contributed by atoms with Gasteiger partial charge >= 0.3 is 0 Å². The van der Waals surface area contributed by atoms with E-state index in [1.807, 2.05) is 36.5 Å². The normalized spacial score (nSPS) is 12.4. The largest absolute Gasteiger partial charge is 0.497 e. The van der Waals surface area contributed by atoms with E-state index in [1.54, 1.807) is 7.11 Å². The highest BCUT2D eigenvalue weighted by atomic mass is 16.5. The van der Waals surface area contributed by atoms with Gasteiger partial charge in [0.15, 0.2) is 0 Å². The molecule has 1 atom stereocenters. The molecule has 0 radical (unpaired) electrons. The van der Waals surface area contributed by atoms with Crippen LogP contribution in [0.15, 0.2) is 48.7 Å². The molecule has 1 N–H and O–H groups in total. The smallest absolute Gasteiger partial charge is 0.119 e. The van der Waals surface area contributed by atoms with Crippen molar-refractivity contribution in [3.63, 3.8) is 0 Å². The number of nitrogens with one attached hydrogen (secondary N) is 1. The predicted octanol–water partition coefficient (Wildman–Crippen LogP) is 3.18. The Labute approximate surface area is 114 Å². The molecule has 1 heterocycles. The number of aromatic nitrogens is 1. The maximum Gasteiger partial charge on any atom is 0.119 e. The Balaban J connectivity index is 2.37. The average Bonchev–Trinajstić information content (AvgIpc) is 2.45. The van der Waals surface area contributed by atoms with Gasteiger partial charge < -0.3 is 10.1 Å². The Hall–Kier alpha value is -1.87. The Kier molecular flexibility index (Phi) is 4.53. The fourth-order valence-electron chi connectivity index (χ4n) is 2.05. The maximum absolute atomic E-state index is 5.30. The SMILES string of the molecule is COc1cccc(C(NC(C)C)c2ccccn2)c1. The lowest BCUT2D eigenvalue weighted by molar-refractivity contribution is 0.413. The van der Waals surface area contributed by atoms with Gasteiger partial charge in [-0.25, -0.2) is 0 Å². The van der Waals surface area contributed by atoms with E-state index in [9.17, 15) is 0 Å². The van der Waals surface area contributed by atoms with Crippen LogP contribution >= 0.6 is 0 Å². The molecule has 0 spiro atoms. The molecular weight excluding hydrogens is 236 g/mol. The minimum absolute atomic E-state index is 0.0799. The molecule has 2 rings (SSSR count). The summed E-state index contributed by atoms with van der Waals surface area (Å²) in [5.74, 6) is 0.865. The van der Waals surface area contributed by atoms with Crippen molar-refractivity contribution < 1.29 is 4.74 Å². The van der Waals surface area contributed by atoms with Crippen LogP contribution < -0.4 is 10.1 Å². The van der Waals surface area contributed by atoms with Crippen molar-refractivity contribution in [1.29, 1.82) is 0 Å². The molecule has 19 heavy (non-hydrogen) atoms. The van der Waals surface area contributed by atoms with E-state index < -0.39 is 0 Å². The van der Waals surface area contributed by atoms with E-state index >= 15 is 0 Å². The fourth-order valence-corrected chi connectivity index (χ4v) is 2.05. The summed E-state index contributed by atoms with van der Waals surface area (Å²) in [6, 6.07) is 14.5. The zero-order valence-corrected chi connectivity index (χ0v) is 11.6. The second-order valence-corrected chi connectivity index (χ2v) is 4.79. The summed E-state index contributed by atoms with van der Waals surface area (Å²) < 4.78 is 5.30. The second-order valence-electron chi connectivity index (χ2n) is 4.79. The molecule has 0 saturated carbocycles. The van der Waals surface area contributed by atoms with E-state index in [-0.39, 0.29) is 6.04 Å². The first-order valence-corrected chi connectivity index (χ1v) is 6.51. The molecule has 0 aliphatic carbocycles. The molecule has 100 valence electrons. The molecule has 0 amide bonds. The number of methoxy groups -OCH3 is 1. The van der Waals surface area contributed by atoms with Gasteiger partial charge in [0.05, 0.1) is 18.8 Å². The monoisotopic (exact) mass is 256 g/mol. The summed E-state index contributed by atoms with van der Waals surface area (Å²) in [6.07, 6.45) is 1.82. The first-order valence-electron chi connectivity index (χ1n) is 6.51. The molecule has 0 bridgehead atoms. The Bertz CT molecular complexity index is 511. The summed E-state index contributed by atoms with van der Waals surface area (Å²) in [5.41, 5.74) is 2.18. The van der Waals surface area contributed by atoms with E-state index in [0.29, 0.717) is 6.04 Å². The van der Waals surface area contributed by atoms with E-state index in [2.05, 4.69) is 36.3 Å². The fraction of sp³-hybridized carbons (Fsp3) is 0.312. The van der Waals surface area contributed by atoms with E-state index in [0.717, 1.165) is 17.0 Å². The molecule has 1 aromatic carbocycles. The van der Waals surface area contributed by atoms with E-state index in [1.165, 1.54) is 0 Å². The number of pyridine rings is 1. The van der Waals surface area contributed by atoms with Gasteiger partial charge in [0.25, 0.3) is 0 Å². The van der Waals surface area contributed by atoms with Crippen LogP contribution in [0.3, 0.4) is 0 Å². The van der Waals surface area contributed by atoms with Gasteiger partial charge in [-0.15, -0.1) is 0 Å². The summed E-state index contributed by atoms with van der Waals surface area (Å²) in [4.78, 5) is 4.46. The van der Waals surface area contributed by atoms with Crippen molar-refractivity contribution in [2.45, 2.75) is 25.9 Å². The van der Waals surface area contributed by atoms with Crippen LogP contribution in [-0.4, -0.2) is 18.1 Å². The van der Waals surface area contributed by atoms with Crippen molar-refractivity contribution in [2.24, 2.45) is 0 Å². The molecular formula is C16H20N2O. The lowest BCUT2D eigenvalue weighted by Gasteiger charge is -2.21. The lowest BCUT2D eigenvalue weighted by Crippen LogP contribution is -2.29. The molecule has 1 aromatic heterocycles. The molecule has 1 unspecified atom stereocenters. The molecule has 0 aliphatic rings. The van der Waals surface area contributed by atoms with Gasteiger partial charge in [0.2, 0.25) is 0 Å². The molecule has 3 nitrogen and oxygen atoms in total. The van der Waals surface area contributed by atoms with Crippen LogP contribution in [0.2, 0.25) is 0 Å². The Morgan fingerprint density at radius 3 is 2.58 bits per heavy atom. The van der Waals surface area contributed by atoms with Gasteiger partial charge in [-0.3, -0.25) is 4.98 Å². The van der Waals surface area contributed by atoms with Crippen LogP contribution in [0.4, 0.5) is 0 Å². The van der Waals surface area contributed by atoms with Crippen LogP contribution in [-0.2, 0) is 0 Å². The summed E-state index contributed by atoms with van der Waals surface area (Å²) in [6.45, 7) is 4.27. The van der Waals surface area contributed by atoms with Crippen LogP contribution in [0.5, 0.6) is 5.75 Å². The zero-order chi connectivity index (χ0) is 13.7. The molecule has 0 saturated heterocycles. The van der Waals surface area contributed by atoms with Gasteiger partial charge in [0.1, 0.15) is 5.75 Å². The second kappa shape index (κ2) is 6.34. The third-order valence-corrected chi connectivity index (χ3v) is 2.91. The average molecular weight is 256 g/mol. The maximum atomic E-state index is 5.30. The topological polar surface area (TPSA) is 34.1 Å². The van der Waals surface area contributed by atoms with Gasteiger partial charge in [0, 0.05) is 12.2 Å². The highest BCUT2D eigenvalue weighted by Gasteiger charge is 2.16. The number of benzene rings is 1. The van der Waals surface area contributed by atoms with Crippen LogP contribution in [0.1, 0.15) is 31.1 Å². The van der Waals surface area contributed by atoms with Gasteiger partial charge in [-0.05, 0) is 43.7 Å². The van der Waals surface area contributed by atoms with Crippen molar-refractivity contribution in [3.05, 3.63) is 59.9 Å². The van der Waals surface area contributed by atoms with Crippen LogP contribution in [0, 0.1) is 0 Å². The van der Waals surface area contributed by atoms with Crippen molar-refractivity contribution in [3.8, 4) is 5.75 Å². The summed E-state index contributed by atoms with van der Waals surface area (Å²) in [5, 5.41) is 3.55.